The Morgan fingerprint density at radius 3 is 2.58 bits per heavy atom. The van der Waals surface area contributed by atoms with Crippen molar-refractivity contribution in [2.45, 2.75) is 19.3 Å². The highest BCUT2D eigenvalue weighted by Gasteiger charge is 2.19. The molecule has 1 aromatic rings. The molecular formula is C15H19N3O. The van der Waals surface area contributed by atoms with Gasteiger partial charge in [0.15, 0.2) is 0 Å². The second kappa shape index (κ2) is 6.72. The van der Waals surface area contributed by atoms with Crippen molar-refractivity contribution in [1.29, 1.82) is 5.26 Å². The summed E-state index contributed by atoms with van der Waals surface area (Å²) in [5.74, 6) is -0.103. The summed E-state index contributed by atoms with van der Waals surface area (Å²) in [5.41, 5.74) is 1.13. The van der Waals surface area contributed by atoms with Crippen molar-refractivity contribution in [1.82, 2.24) is 5.32 Å². The van der Waals surface area contributed by atoms with Crippen LogP contribution in [0.1, 0.15) is 19.4 Å². The van der Waals surface area contributed by atoms with E-state index in [9.17, 15) is 4.79 Å². The van der Waals surface area contributed by atoms with Gasteiger partial charge in [0.1, 0.15) is 0 Å². The van der Waals surface area contributed by atoms with Crippen molar-refractivity contribution in [3.05, 3.63) is 42.5 Å². The fourth-order valence-corrected chi connectivity index (χ4v) is 1.53. The molecule has 1 amide bonds. The van der Waals surface area contributed by atoms with Gasteiger partial charge in [-0.25, -0.2) is 0 Å². The van der Waals surface area contributed by atoms with Gasteiger partial charge in [-0.2, -0.15) is 5.26 Å². The predicted octanol–water partition coefficient (Wildman–Crippen LogP) is 2.20. The third-order valence-electron chi connectivity index (χ3n) is 2.74. The Kier molecular flexibility index (Phi) is 5.28. The van der Waals surface area contributed by atoms with Gasteiger partial charge in [-0.05, 0) is 31.5 Å². The standard InChI is InChI=1S/C15H19N3O/c1-4-9-17-10-14(19)18-13-7-5-12(6-8-13)15(2,3)11-16/h4-8,17H,1,9-10H2,2-3H3,(H,18,19). The Labute approximate surface area is 114 Å². The molecule has 1 rings (SSSR count). The summed E-state index contributed by atoms with van der Waals surface area (Å²) in [6.07, 6.45) is 1.70. The van der Waals surface area contributed by atoms with Crippen LogP contribution >= 0.6 is 0 Å². The van der Waals surface area contributed by atoms with E-state index in [2.05, 4.69) is 23.3 Å². The van der Waals surface area contributed by atoms with Crippen LogP contribution in [0.4, 0.5) is 5.69 Å². The first-order valence-electron chi connectivity index (χ1n) is 6.13. The van der Waals surface area contributed by atoms with Gasteiger partial charge in [0, 0.05) is 12.2 Å². The van der Waals surface area contributed by atoms with Crippen LogP contribution in [0.2, 0.25) is 0 Å². The van der Waals surface area contributed by atoms with E-state index in [0.29, 0.717) is 6.54 Å². The van der Waals surface area contributed by atoms with E-state index < -0.39 is 5.41 Å². The number of carbonyl (C=O) groups is 1. The molecule has 0 bridgehead atoms. The summed E-state index contributed by atoms with van der Waals surface area (Å²) in [6, 6.07) is 9.57. The number of hydrogen-bond donors (Lipinski definition) is 2. The van der Waals surface area contributed by atoms with Gasteiger partial charge in [0.05, 0.1) is 18.0 Å². The molecule has 4 nitrogen and oxygen atoms in total. The normalized spacial score (nSPS) is 10.6. The highest BCUT2D eigenvalue weighted by atomic mass is 16.1. The van der Waals surface area contributed by atoms with Crippen molar-refractivity contribution in [3.8, 4) is 6.07 Å². The van der Waals surface area contributed by atoms with Crippen LogP contribution in [0, 0.1) is 11.3 Å². The second-order valence-corrected chi connectivity index (χ2v) is 4.78. The predicted molar refractivity (Wildman–Crippen MR) is 76.8 cm³/mol. The fraction of sp³-hybridized carbons (Fsp3) is 0.333. The smallest absolute Gasteiger partial charge is 0.238 e. The molecule has 0 saturated heterocycles. The van der Waals surface area contributed by atoms with E-state index in [1.807, 2.05) is 26.0 Å². The van der Waals surface area contributed by atoms with Crippen LogP contribution in [-0.4, -0.2) is 19.0 Å². The van der Waals surface area contributed by atoms with E-state index in [1.54, 1.807) is 18.2 Å². The number of amides is 1. The largest absolute Gasteiger partial charge is 0.325 e. The number of carbonyl (C=O) groups excluding carboxylic acids is 1. The molecule has 0 aromatic heterocycles. The number of nitrogens with one attached hydrogen (secondary N) is 2. The molecular weight excluding hydrogens is 238 g/mol. The van der Waals surface area contributed by atoms with Gasteiger partial charge in [-0.15, -0.1) is 6.58 Å². The van der Waals surface area contributed by atoms with Crippen LogP contribution in [-0.2, 0) is 10.2 Å². The molecule has 0 unspecified atom stereocenters. The maximum atomic E-state index is 11.6. The molecule has 0 aliphatic rings. The number of benzene rings is 1. The third kappa shape index (κ3) is 4.57. The number of anilines is 1. The summed E-state index contributed by atoms with van der Waals surface area (Å²) < 4.78 is 0. The van der Waals surface area contributed by atoms with E-state index in [1.165, 1.54) is 0 Å². The van der Waals surface area contributed by atoms with Crippen molar-refractivity contribution in [2.75, 3.05) is 18.4 Å². The monoisotopic (exact) mass is 257 g/mol. The molecule has 0 spiro atoms. The topological polar surface area (TPSA) is 64.9 Å². The second-order valence-electron chi connectivity index (χ2n) is 4.78. The van der Waals surface area contributed by atoms with Gasteiger partial charge in [0.25, 0.3) is 0 Å². The minimum atomic E-state index is -0.520. The summed E-state index contributed by atoms with van der Waals surface area (Å²) in [4.78, 5) is 11.6. The van der Waals surface area contributed by atoms with E-state index in [-0.39, 0.29) is 12.5 Å². The Bertz CT molecular complexity index is 483. The molecule has 0 aliphatic carbocycles. The Hall–Kier alpha value is -2.12. The summed E-state index contributed by atoms with van der Waals surface area (Å²) in [5, 5.41) is 14.8. The first-order chi connectivity index (χ1) is 8.99. The van der Waals surface area contributed by atoms with Crippen molar-refractivity contribution in [3.63, 3.8) is 0 Å². The van der Waals surface area contributed by atoms with Crippen LogP contribution in [0.15, 0.2) is 36.9 Å². The number of hydrogen-bond acceptors (Lipinski definition) is 3. The molecule has 2 N–H and O–H groups in total. The molecule has 0 radical (unpaired) electrons. The summed E-state index contributed by atoms with van der Waals surface area (Å²) >= 11 is 0. The maximum absolute atomic E-state index is 11.6. The molecule has 100 valence electrons. The van der Waals surface area contributed by atoms with Crippen LogP contribution in [0.25, 0.3) is 0 Å². The molecule has 0 aliphatic heterocycles. The lowest BCUT2D eigenvalue weighted by Gasteiger charge is -2.16. The van der Waals surface area contributed by atoms with Gasteiger partial charge in [0.2, 0.25) is 5.91 Å². The third-order valence-corrected chi connectivity index (χ3v) is 2.74. The average Bonchev–Trinajstić information content (AvgIpc) is 2.39. The van der Waals surface area contributed by atoms with Gasteiger partial charge in [-0.1, -0.05) is 18.2 Å². The summed E-state index contributed by atoms with van der Waals surface area (Å²) in [7, 11) is 0. The first kappa shape index (κ1) is 14.9. The number of nitrogens with zero attached hydrogens (tertiary/aromatic N) is 1. The zero-order valence-electron chi connectivity index (χ0n) is 11.4. The van der Waals surface area contributed by atoms with Crippen LogP contribution in [0.3, 0.4) is 0 Å². The van der Waals surface area contributed by atoms with Gasteiger partial charge in [-0.3, -0.25) is 4.79 Å². The van der Waals surface area contributed by atoms with Gasteiger partial charge < -0.3 is 10.6 Å². The Balaban J connectivity index is 2.60. The van der Waals surface area contributed by atoms with Crippen LogP contribution < -0.4 is 10.6 Å². The highest BCUT2D eigenvalue weighted by Crippen LogP contribution is 2.23. The maximum Gasteiger partial charge on any atom is 0.238 e. The van der Waals surface area contributed by atoms with Crippen molar-refractivity contribution < 1.29 is 4.79 Å². The molecule has 4 heteroatoms. The molecule has 0 saturated carbocycles. The molecule has 0 fully saturated rings. The van der Waals surface area contributed by atoms with E-state index in [0.717, 1.165) is 11.3 Å². The molecule has 0 atom stereocenters. The van der Waals surface area contributed by atoms with E-state index >= 15 is 0 Å². The Morgan fingerprint density at radius 2 is 2.05 bits per heavy atom. The average molecular weight is 257 g/mol. The quantitative estimate of drug-likeness (QED) is 0.606. The number of rotatable bonds is 6. The minimum absolute atomic E-state index is 0.103. The minimum Gasteiger partial charge on any atom is -0.325 e. The fourth-order valence-electron chi connectivity index (χ4n) is 1.53. The first-order valence-corrected chi connectivity index (χ1v) is 6.13. The lowest BCUT2D eigenvalue weighted by Crippen LogP contribution is -2.28. The number of nitriles is 1. The summed E-state index contributed by atoms with van der Waals surface area (Å²) in [6.45, 7) is 8.13. The van der Waals surface area contributed by atoms with E-state index in [4.69, 9.17) is 5.26 Å². The van der Waals surface area contributed by atoms with Gasteiger partial charge >= 0.3 is 0 Å². The highest BCUT2D eigenvalue weighted by molar-refractivity contribution is 5.92. The zero-order chi connectivity index (χ0) is 14.3. The van der Waals surface area contributed by atoms with Crippen LogP contribution in [0.5, 0.6) is 0 Å². The molecule has 0 heterocycles. The molecule has 1 aromatic carbocycles. The van der Waals surface area contributed by atoms with Crippen molar-refractivity contribution >= 4 is 11.6 Å². The van der Waals surface area contributed by atoms with Crippen molar-refractivity contribution in [2.24, 2.45) is 0 Å². The Morgan fingerprint density at radius 1 is 1.42 bits per heavy atom. The lowest BCUT2D eigenvalue weighted by molar-refractivity contribution is -0.115. The lowest BCUT2D eigenvalue weighted by atomic mass is 9.86. The molecule has 19 heavy (non-hydrogen) atoms. The SMILES string of the molecule is C=CCNCC(=O)Nc1ccc(C(C)(C)C#N)cc1. The zero-order valence-corrected chi connectivity index (χ0v) is 11.4.